The molecule has 2 rings (SSSR count). The van der Waals surface area contributed by atoms with Gasteiger partial charge in [0, 0.05) is 27.3 Å². The van der Waals surface area contributed by atoms with Crippen molar-refractivity contribution in [2.24, 2.45) is 0 Å². The van der Waals surface area contributed by atoms with Gasteiger partial charge in [-0.05, 0) is 36.3 Å². The number of nitrogens with one attached hydrogen (secondary N) is 1. The number of ether oxygens (including phenoxy) is 2. The maximum absolute atomic E-state index is 5.36. The second-order valence-electron chi connectivity index (χ2n) is 5.26. The fourth-order valence-corrected chi connectivity index (χ4v) is 2.88. The molecular formula is C16H25NO2. The molecule has 0 spiro atoms. The first-order chi connectivity index (χ1) is 9.35. The van der Waals surface area contributed by atoms with E-state index in [-0.39, 0.29) is 6.10 Å². The van der Waals surface area contributed by atoms with Gasteiger partial charge in [-0.1, -0.05) is 24.3 Å². The van der Waals surface area contributed by atoms with Crippen LogP contribution in [0.15, 0.2) is 24.3 Å². The smallest absolute Gasteiger partial charge is 0.0928 e. The standard InChI is InChI=1S/C16H25NO2/c1-18-12-15(19-2)11-17-10-14-8-5-7-13-6-3-4-9-16(13)14/h3-4,6,9,14-15,17H,5,7-8,10-12H2,1-2H3. The largest absolute Gasteiger partial charge is 0.382 e. The number of hydrogen-bond acceptors (Lipinski definition) is 3. The van der Waals surface area contributed by atoms with E-state index in [1.807, 2.05) is 0 Å². The summed E-state index contributed by atoms with van der Waals surface area (Å²) in [6.45, 7) is 2.52. The van der Waals surface area contributed by atoms with Gasteiger partial charge in [0.15, 0.2) is 0 Å². The van der Waals surface area contributed by atoms with E-state index in [0.29, 0.717) is 12.5 Å². The zero-order chi connectivity index (χ0) is 13.5. The van der Waals surface area contributed by atoms with E-state index >= 15 is 0 Å². The van der Waals surface area contributed by atoms with E-state index in [9.17, 15) is 0 Å². The molecule has 0 saturated carbocycles. The summed E-state index contributed by atoms with van der Waals surface area (Å²) in [6, 6.07) is 8.85. The Morgan fingerprint density at radius 3 is 2.95 bits per heavy atom. The van der Waals surface area contributed by atoms with Gasteiger partial charge in [0.05, 0.1) is 12.7 Å². The van der Waals surface area contributed by atoms with Gasteiger partial charge in [-0.15, -0.1) is 0 Å². The van der Waals surface area contributed by atoms with Crippen molar-refractivity contribution in [3.63, 3.8) is 0 Å². The van der Waals surface area contributed by atoms with E-state index in [2.05, 4.69) is 29.6 Å². The van der Waals surface area contributed by atoms with Crippen LogP contribution in [0, 0.1) is 0 Å². The number of rotatable bonds is 7. The van der Waals surface area contributed by atoms with Crippen molar-refractivity contribution in [1.82, 2.24) is 5.32 Å². The molecule has 106 valence electrons. The molecule has 0 heterocycles. The van der Waals surface area contributed by atoms with E-state index in [1.165, 1.54) is 30.4 Å². The zero-order valence-electron chi connectivity index (χ0n) is 12.0. The Bertz CT molecular complexity index is 381. The monoisotopic (exact) mass is 263 g/mol. The number of fused-ring (bicyclic) bond motifs is 1. The summed E-state index contributed by atoms with van der Waals surface area (Å²) in [7, 11) is 3.45. The molecule has 1 N–H and O–H groups in total. The molecule has 0 aromatic heterocycles. The summed E-state index contributed by atoms with van der Waals surface area (Å²) in [5.74, 6) is 0.644. The van der Waals surface area contributed by atoms with Gasteiger partial charge in [-0.25, -0.2) is 0 Å². The van der Waals surface area contributed by atoms with Crippen LogP contribution >= 0.6 is 0 Å². The average molecular weight is 263 g/mol. The molecule has 1 aliphatic carbocycles. The molecule has 3 heteroatoms. The van der Waals surface area contributed by atoms with Crippen LogP contribution in [0.1, 0.15) is 29.9 Å². The Morgan fingerprint density at radius 1 is 1.32 bits per heavy atom. The van der Waals surface area contributed by atoms with Crippen molar-refractivity contribution in [3.8, 4) is 0 Å². The molecule has 1 aromatic carbocycles. The summed E-state index contributed by atoms with van der Waals surface area (Å²) in [5, 5.41) is 3.53. The molecule has 0 amide bonds. The summed E-state index contributed by atoms with van der Waals surface area (Å²) in [4.78, 5) is 0. The SMILES string of the molecule is COCC(CNCC1CCCc2ccccc21)OC. The predicted molar refractivity (Wildman–Crippen MR) is 77.7 cm³/mol. The van der Waals surface area contributed by atoms with Crippen LogP contribution in [0.5, 0.6) is 0 Å². The maximum Gasteiger partial charge on any atom is 0.0928 e. The molecule has 1 aromatic rings. The number of aryl methyl sites for hydroxylation is 1. The van der Waals surface area contributed by atoms with Gasteiger partial charge in [0.1, 0.15) is 0 Å². The van der Waals surface area contributed by atoms with Crippen molar-refractivity contribution < 1.29 is 9.47 Å². The van der Waals surface area contributed by atoms with E-state index in [0.717, 1.165) is 13.1 Å². The third-order valence-electron chi connectivity index (χ3n) is 3.94. The normalized spacial score (nSPS) is 20.0. The lowest BCUT2D eigenvalue weighted by atomic mass is 9.83. The Hall–Kier alpha value is -0.900. The molecule has 19 heavy (non-hydrogen) atoms. The minimum atomic E-state index is 0.142. The number of hydrogen-bond donors (Lipinski definition) is 1. The quantitative estimate of drug-likeness (QED) is 0.819. The highest BCUT2D eigenvalue weighted by Gasteiger charge is 2.19. The minimum Gasteiger partial charge on any atom is -0.382 e. The summed E-state index contributed by atoms with van der Waals surface area (Å²) < 4.78 is 10.5. The highest BCUT2D eigenvalue weighted by molar-refractivity contribution is 5.32. The Kier molecular flexibility index (Phi) is 5.83. The second kappa shape index (κ2) is 7.63. The molecule has 0 radical (unpaired) electrons. The predicted octanol–water partition coefficient (Wildman–Crippen LogP) is 2.36. The van der Waals surface area contributed by atoms with E-state index in [4.69, 9.17) is 9.47 Å². The molecule has 2 atom stereocenters. The topological polar surface area (TPSA) is 30.5 Å². The molecule has 0 bridgehead atoms. The van der Waals surface area contributed by atoms with Crippen molar-refractivity contribution in [1.29, 1.82) is 0 Å². The van der Waals surface area contributed by atoms with E-state index < -0.39 is 0 Å². The van der Waals surface area contributed by atoms with Crippen molar-refractivity contribution >= 4 is 0 Å². The molecule has 0 aliphatic heterocycles. The van der Waals surface area contributed by atoms with Gasteiger partial charge in [-0.3, -0.25) is 0 Å². The Morgan fingerprint density at radius 2 is 2.16 bits per heavy atom. The van der Waals surface area contributed by atoms with Gasteiger partial charge in [-0.2, -0.15) is 0 Å². The molecule has 2 unspecified atom stereocenters. The summed E-state index contributed by atoms with van der Waals surface area (Å²) in [5.41, 5.74) is 3.06. The highest BCUT2D eigenvalue weighted by Crippen LogP contribution is 2.30. The first-order valence-corrected chi connectivity index (χ1v) is 7.15. The fourth-order valence-electron chi connectivity index (χ4n) is 2.88. The fraction of sp³-hybridized carbons (Fsp3) is 0.625. The molecule has 0 saturated heterocycles. The van der Waals surface area contributed by atoms with Crippen LogP contribution in [0.3, 0.4) is 0 Å². The van der Waals surface area contributed by atoms with Gasteiger partial charge >= 0.3 is 0 Å². The second-order valence-corrected chi connectivity index (χ2v) is 5.26. The number of benzene rings is 1. The lowest BCUT2D eigenvalue weighted by Gasteiger charge is -2.26. The number of methoxy groups -OCH3 is 2. The minimum absolute atomic E-state index is 0.142. The lowest BCUT2D eigenvalue weighted by Crippen LogP contribution is -2.34. The Balaban J connectivity index is 1.84. The third kappa shape index (κ3) is 4.03. The van der Waals surface area contributed by atoms with Crippen molar-refractivity contribution in [2.75, 3.05) is 33.9 Å². The maximum atomic E-state index is 5.36. The lowest BCUT2D eigenvalue weighted by molar-refractivity contribution is 0.0288. The highest BCUT2D eigenvalue weighted by atomic mass is 16.5. The van der Waals surface area contributed by atoms with Crippen molar-refractivity contribution in [2.45, 2.75) is 31.3 Å². The first kappa shape index (κ1) is 14.5. The third-order valence-corrected chi connectivity index (χ3v) is 3.94. The summed E-state index contributed by atoms with van der Waals surface area (Å²) >= 11 is 0. The van der Waals surface area contributed by atoms with E-state index in [1.54, 1.807) is 14.2 Å². The van der Waals surface area contributed by atoms with Gasteiger partial charge in [0.2, 0.25) is 0 Å². The van der Waals surface area contributed by atoms with Crippen LogP contribution < -0.4 is 5.32 Å². The van der Waals surface area contributed by atoms with Crippen molar-refractivity contribution in [3.05, 3.63) is 35.4 Å². The van der Waals surface area contributed by atoms with Crippen LogP contribution in [-0.2, 0) is 15.9 Å². The molecule has 1 aliphatic rings. The van der Waals surface area contributed by atoms with Crippen LogP contribution in [0.4, 0.5) is 0 Å². The van der Waals surface area contributed by atoms with Crippen LogP contribution in [-0.4, -0.2) is 40.0 Å². The molecular weight excluding hydrogens is 238 g/mol. The first-order valence-electron chi connectivity index (χ1n) is 7.15. The van der Waals surface area contributed by atoms with Gasteiger partial charge in [0.25, 0.3) is 0 Å². The molecule has 0 fully saturated rings. The molecule has 3 nitrogen and oxygen atoms in total. The average Bonchev–Trinajstić information content (AvgIpc) is 2.46. The zero-order valence-corrected chi connectivity index (χ0v) is 12.0. The summed E-state index contributed by atoms with van der Waals surface area (Å²) in [6.07, 6.45) is 3.96. The van der Waals surface area contributed by atoms with Crippen LogP contribution in [0.25, 0.3) is 0 Å². The van der Waals surface area contributed by atoms with Gasteiger partial charge < -0.3 is 14.8 Å². The van der Waals surface area contributed by atoms with Crippen LogP contribution in [0.2, 0.25) is 0 Å². The Labute approximate surface area is 116 Å².